The molecule has 1 amide bonds. The number of ether oxygens (including phenoxy) is 11. The fourth-order valence-corrected chi connectivity index (χ4v) is 6.94. The molecule has 0 bridgehead atoms. The van der Waals surface area contributed by atoms with Crippen LogP contribution in [0, 0.1) is 0 Å². The molecule has 1 saturated heterocycles. The number of nitrogens with zero attached hydrogens (tertiary/aromatic N) is 1. The monoisotopic (exact) mass is 817 g/mol. The van der Waals surface area contributed by atoms with Gasteiger partial charge in [0.15, 0.2) is 23.0 Å². The zero-order chi connectivity index (χ0) is 42.4. The molecule has 5 rings (SSSR count). The minimum absolute atomic E-state index is 0.174. The normalized spacial score (nSPS) is 16.6. The van der Waals surface area contributed by atoms with Crippen molar-refractivity contribution in [3.8, 4) is 40.2 Å². The van der Waals surface area contributed by atoms with Crippen LogP contribution in [0.2, 0.25) is 0 Å². The van der Waals surface area contributed by atoms with E-state index in [-0.39, 0.29) is 32.2 Å². The lowest BCUT2D eigenvalue weighted by molar-refractivity contribution is -0.100. The number of likely N-dealkylation sites (tertiary alicyclic amines) is 1. The van der Waals surface area contributed by atoms with Crippen LogP contribution in [-0.2, 0) is 38.8 Å². The molecule has 13 heteroatoms. The summed E-state index contributed by atoms with van der Waals surface area (Å²) in [4.78, 5) is 15.4. The van der Waals surface area contributed by atoms with Gasteiger partial charge in [-0.1, -0.05) is 42.5 Å². The Morgan fingerprint density at radius 2 is 1.10 bits per heavy atom. The van der Waals surface area contributed by atoms with E-state index in [1.54, 1.807) is 47.6 Å². The van der Waals surface area contributed by atoms with Crippen LogP contribution in [0.3, 0.4) is 0 Å². The van der Waals surface area contributed by atoms with Crippen LogP contribution in [-0.4, -0.2) is 97.8 Å². The van der Waals surface area contributed by atoms with Gasteiger partial charge < -0.3 is 57.0 Å². The van der Waals surface area contributed by atoms with E-state index in [0.29, 0.717) is 54.3 Å². The highest BCUT2D eigenvalue weighted by Gasteiger charge is 2.42. The first-order chi connectivity index (χ1) is 28.5. The van der Waals surface area contributed by atoms with Crippen molar-refractivity contribution in [1.29, 1.82) is 0 Å². The third-order valence-electron chi connectivity index (χ3n) is 9.71. The molecule has 0 aliphatic carbocycles. The molecule has 0 saturated carbocycles. The number of piperidine rings is 1. The second-order valence-electron chi connectivity index (χ2n) is 15.0. The van der Waals surface area contributed by atoms with Gasteiger partial charge in [0.2, 0.25) is 11.5 Å². The molecule has 1 fully saturated rings. The molecule has 1 aliphatic rings. The second-order valence-corrected chi connectivity index (χ2v) is 15.0. The summed E-state index contributed by atoms with van der Waals surface area (Å²) < 4.78 is 64.9. The number of amides is 1. The molecule has 0 N–H and O–H groups in total. The van der Waals surface area contributed by atoms with E-state index in [1.165, 1.54) is 0 Å². The van der Waals surface area contributed by atoms with Crippen molar-refractivity contribution in [3.63, 3.8) is 0 Å². The fraction of sp³-hybridized carbons (Fsp3) is 0.457. The number of benzene rings is 4. The summed E-state index contributed by atoms with van der Waals surface area (Å²) >= 11 is 0. The van der Waals surface area contributed by atoms with Crippen molar-refractivity contribution < 1.29 is 56.9 Å². The molecule has 0 spiro atoms. The maximum Gasteiger partial charge on any atom is 0.410 e. The molecule has 13 nitrogen and oxygen atoms in total. The standard InChI is InChI=1S/C46H59NO12/c1-46(2,3)59-45(48)47-26-40(57-29-32-22-36(49-4)43(53-8)37(23-32)50-5)42(41(27-47)58-30-33-24-38(51-6)44(54-9)39(25-33)52-7)34-16-18-35(19-17-34)56-21-13-20-55-28-31-14-11-10-12-15-31/h10-12,14-19,22-25,40-42H,13,20-21,26-30H2,1-9H3/t40-,41+,42?. The quantitative estimate of drug-likeness (QED) is 0.0799. The first kappa shape index (κ1) is 44.7. The van der Waals surface area contributed by atoms with E-state index in [1.807, 2.05) is 99.6 Å². The smallest absolute Gasteiger partial charge is 0.410 e. The highest BCUT2D eigenvalue weighted by atomic mass is 16.6. The molecular formula is C46H59NO12. The molecule has 0 radical (unpaired) electrons. The van der Waals surface area contributed by atoms with Crippen molar-refractivity contribution >= 4 is 6.09 Å². The molecule has 59 heavy (non-hydrogen) atoms. The molecule has 1 unspecified atom stereocenters. The average molecular weight is 818 g/mol. The Kier molecular flexibility index (Phi) is 16.4. The maximum absolute atomic E-state index is 13.7. The number of hydrogen-bond donors (Lipinski definition) is 0. The Labute approximate surface area is 348 Å². The highest BCUT2D eigenvalue weighted by Crippen LogP contribution is 2.41. The van der Waals surface area contributed by atoms with Crippen molar-refractivity contribution in [1.82, 2.24) is 4.90 Å². The third kappa shape index (κ3) is 12.3. The first-order valence-corrected chi connectivity index (χ1v) is 19.6. The third-order valence-corrected chi connectivity index (χ3v) is 9.71. The van der Waals surface area contributed by atoms with Crippen molar-refractivity contribution in [2.24, 2.45) is 0 Å². The highest BCUT2D eigenvalue weighted by molar-refractivity contribution is 5.68. The Morgan fingerprint density at radius 3 is 1.54 bits per heavy atom. The van der Waals surface area contributed by atoms with Gasteiger partial charge >= 0.3 is 6.09 Å². The second kappa shape index (κ2) is 21.6. The van der Waals surface area contributed by atoms with Crippen molar-refractivity contribution in [2.75, 3.05) is 69.0 Å². The van der Waals surface area contributed by atoms with Crippen LogP contribution < -0.4 is 33.2 Å². The molecule has 1 aliphatic heterocycles. The SMILES string of the molecule is COc1cc(CO[C@H]2CN(C(=O)OC(C)(C)C)C[C@@H](OCc3cc(OC)c(OC)c(OC)c3)C2c2ccc(OCCCOCc3ccccc3)cc2)cc(OC)c1OC. The lowest BCUT2D eigenvalue weighted by Gasteiger charge is -2.43. The van der Waals surface area contributed by atoms with Gasteiger partial charge in [-0.05, 0) is 79.4 Å². The van der Waals surface area contributed by atoms with Crippen LogP contribution in [0.15, 0.2) is 78.9 Å². The molecule has 1 heterocycles. The van der Waals surface area contributed by atoms with Crippen LogP contribution in [0.5, 0.6) is 40.2 Å². The maximum atomic E-state index is 13.7. The van der Waals surface area contributed by atoms with Gasteiger partial charge in [-0.2, -0.15) is 0 Å². The molecule has 3 atom stereocenters. The molecule has 320 valence electrons. The summed E-state index contributed by atoms with van der Waals surface area (Å²) in [6, 6.07) is 25.5. The summed E-state index contributed by atoms with van der Waals surface area (Å²) in [6.45, 7) is 8.02. The van der Waals surface area contributed by atoms with Gasteiger partial charge in [0, 0.05) is 12.3 Å². The number of methoxy groups -OCH3 is 6. The molecule has 0 aromatic heterocycles. The minimum Gasteiger partial charge on any atom is -0.494 e. The van der Waals surface area contributed by atoms with Crippen LogP contribution in [0.4, 0.5) is 4.79 Å². The van der Waals surface area contributed by atoms with E-state index in [4.69, 9.17) is 52.1 Å². The minimum atomic E-state index is -0.711. The van der Waals surface area contributed by atoms with Gasteiger partial charge in [0.05, 0.1) is 101 Å². The zero-order valence-electron chi connectivity index (χ0n) is 35.7. The number of rotatable bonds is 20. The van der Waals surface area contributed by atoms with Gasteiger partial charge in [0.1, 0.15) is 11.4 Å². The summed E-state index contributed by atoms with van der Waals surface area (Å²) in [5, 5.41) is 0. The first-order valence-electron chi connectivity index (χ1n) is 19.6. The Bertz CT molecular complexity index is 1790. The molecule has 4 aromatic rings. The predicted molar refractivity (Wildman–Crippen MR) is 223 cm³/mol. The number of carbonyl (C=O) groups excluding carboxylic acids is 1. The lowest BCUT2D eigenvalue weighted by Crippen LogP contribution is -2.55. The van der Waals surface area contributed by atoms with Gasteiger partial charge in [0.25, 0.3) is 0 Å². The molecular weight excluding hydrogens is 759 g/mol. The van der Waals surface area contributed by atoms with E-state index in [2.05, 4.69) is 0 Å². The zero-order valence-corrected chi connectivity index (χ0v) is 35.7. The van der Waals surface area contributed by atoms with E-state index in [0.717, 1.165) is 34.4 Å². The van der Waals surface area contributed by atoms with Crippen molar-refractivity contribution in [2.45, 2.75) is 70.7 Å². The number of carbonyl (C=O) groups is 1. The lowest BCUT2D eigenvalue weighted by atomic mass is 9.84. The Hall–Kier alpha value is -5.37. The average Bonchev–Trinajstić information content (AvgIpc) is 3.24. The van der Waals surface area contributed by atoms with Crippen LogP contribution in [0.1, 0.15) is 55.4 Å². The molecule has 4 aromatic carbocycles. The van der Waals surface area contributed by atoms with Crippen LogP contribution >= 0.6 is 0 Å². The Morgan fingerprint density at radius 1 is 0.610 bits per heavy atom. The van der Waals surface area contributed by atoms with Crippen molar-refractivity contribution in [3.05, 3.63) is 101 Å². The topological polar surface area (TPSA) is 122 Å². The van der Waals surface area contributed by atoms with E-state index >= 15 is 0 Å². The fourth-order valence-electron chi connectivity index (χ4n) is 6.94. The summed E-state index contributed by atoms with van der Waals surface area (Å²) in [5.41, 5.74) is 2.96. The van der Waals surface area contributed by atoms with Gasteiger partial charge in [-0.25, -0.2) is 4.79 Å². The van der Waals surface area contributed by atoms with E-state index < -0.39 is 23.9 Å². The van der Waals surface area contributed by atoms with E-state index in [9.17, 15) is 4.79 Å². The number of hydrogen-bond acceptors (Lipinski definition) is 12. The summed E-state index contributed by atoms with van der Waals surface area (Å²) in [7, 11) is 9.40. The largest absolute Gasteiger partial charge is 0.494 e. The summed E-state index contributed by atoms with van der Waals surface area (Å²) in [6.07, 6.45) is -0.788. The van der Waals surface area contributed by atoms with Gasteiger partial charge in [-0.15, -0.1) is 0 Å². The predicted octanol–water partition coefficient (Wildman–Crippen LogP) is 8.23. The van der Waals surface area contributed by atoms with Gasteiger partial charge in [-0.3, -0.25) is 0 Å². The van der Waals surface area contributed by atoms with Crippen LogP contribution in [0.25, 0.3) is 0 Å². The summed E-state index contributed by atoms with van der Waals surface area (Å²) in [5.74, 6) is 3.39. The Balaban J connectivity index is 1.42.